The molecule has 0 radical (unpaired) electrons. The molecule has 0 aromatic heterocycles. The lowest BCUT2D eigenvalue weighted by atomic mass is 9.78. The van der Waals surface area contributed by atoms with E-state index >= 15 is 0 Å². The molecule has 2 aliphatic rings. The van der Waals surface area contributed by atoms with Gasteiger partial charge in [-0.3, -0.25) is 0 Å². The van der Waals surface area contributed by atoms with Gasteiger partial charge in [0.1, 0.15) is 11.5 Å². The first-order valence-electron chi connectivity index (χ1n) is 20.1. The van der Waals surface area contributed by atoms with Crippen molar-refractivity contribution in [2.75, 3.05) is 13.2 Å². The second kappa shape index (κ2) is 25.0. The van der Waals surface area contributed by atoms with Crippen molar-refractivity contribution in [3.05, 3.63) is 24.3 Å². The molecule has 0 saturated heterocycles. The molecule has 2 nitrogen and oxygen atoms in total. The molecule has 44 heavy (non-hydrogen) atoms. The van der Waals surface area contributed by atoms with Gasteiger partial charge in [-0.2, -0.15) is 0 Å². The molecular weight excluding hydrogens is 536 g/mol. The third kappa shape index (κ3) is 17.5. The van der Waals surface area contributed by atoms with Crippen molar-refractivity contribution < 1.29 is 9.47 Å². The van der Waals surface area contributed by atoms with Crippen LogP contribution in [0.2, 0.25) is 0 Å². The molecule has 2 fully saturated rings. The van der Waals surface area contributed by atoms with Gasteiger partial charge in [-0.1, -0.05) is 168 Å². The highest BCUT2D eigenvalue weighted by atomic mass is 16.5. The van der Waals surface area contributed by atoms with Gasteiger partial charge in [0.05, 0.1) is 13.2 Å². The summed E-state index contributed by atoms with van der Waals surface area (Å²) in [7, 11) is 0. The van der Waals surface area contributed by atoms with Crippen LogP contribution in [0.1, 0.15) is 194 Å². The molecule has 0 bridgehead atoms. The van der Waals surface area contributed by atoms with Crippen molar-refractivity contribution in [3.8, 4) is 11.5 Å². The maximum atomic E-state index is 6.08. The zero-order valence-electron chi connectivity index (χ0n) is 29.6. The minimum absolute atomic E-state index is 0.847. The van der Waals surface area contributed by atoms with Gasteiger partial charge in [-0.25, -0.2) is 0 Å². The van der Waals surface area contributed by atoms with Gasteiger partial charge in [0, 0.05) is 0 Å². The quantitative estimate of drug-likeness (QED) is 0.0971. The lowest BCUT2D eigenvalue weighted by Crippen LogP contribution is -2.15. The summed E-state index contributed by atoms with van der Waals surface area (Å²) in [5.41, 5.74) is 0. The molecule has 0 heterocycles. The van der Waals surface area contributed by atoms with E-state index in [0.29, 0.717) is 0 Å². The third-order valence-corrected chi connectivity index (χ3v) is 11.2. The molecule has 2 aliphatic carbocycles. The largest absolute Gasteiger partial charge is 0.494 e. The van der Waals surface area contributed by atoms with E-state index in [1.54, 1.807) is 0 Å². The number of unbranched alkanes of at least 4 members (excludes halogenated alkanes) is 12. The van der Waals surface area contributed by atoms with Gasteiger partial charge >= 0.3 is 0 Å². The van der Waals surface area contributed by atoms with E-state index < -0.39 is 0 Å². The van der Waals surface area contributed by atoms with Crippen molar-refractivity contribution in [1.82, 2.24) is 0 Å². The summed E-state index contributed by atoms with van der Waals surface area (Å²) in [6.45, 7) is 6.31. The van der Waals surface area contributed by atoms with Crippen LogP contribution in [0.4, 0.5) is 0 Å². The summed E-state index contributed by atoms with van der Waals surface area (Å²) >= 11 is 0. The fourth-order valence-electron chi connectivity index (χ4n) is 8.15. The highest BCUT2D eigenvalue weighted by Crippen LogP contribution is 2.35. The molecule has 1 aromatic carbocycles. The van der Waals surface area contributed by atoms with Crippen LogP contribution in [0.3, 0.4) is 0 Å². The van der Waals surface area contributed by atoms with Crippen LogP contribution in [0.15, 0.2) is 24.3 Å². The van der Waals surface area contributed by atoms with Crippen molar-refractivity contribution in [2.45, 2.75) is 194 Å². The Kier molecular flexibility index (Phi) is 21.2. The lowest BCUT2D eigenvalue weighted by Gasteiger charge is -2.28. The Labute approximate surface area is 275 Å². The third-order valence-electron chi connectivity index (χ3n) is 11.2. The maximum absolute atomic E-state index is 6.08. The van der Waals surface area contributed by atoms with Gasteiger partial charge < -0.3 is 9.47 Å². The van der Waals surface area contributed by atoms with Crippen molar-refractivity contribution in [3.63, 3.8) is 0 Å². The van der Waals surface area contributed by atoms with Gasteiger partial charge in [-0.05, 0) is 73.6 Å². The molecule has 1 aromatic rings. The molecule has 0 N–H and O–H groups in total. The number of benzene rings is 1. The second-order valence-electron chi connectivity index (χ2n) is 15.0. The van der Waals surface area contributed by atoms with E-state index in [4.69, 9.17) is 9.47 Å². The predicted molar refractivity (Wildman–Crippen MR) is 192 cm³/mol. The molecular formula is C42H74O2. The molecule has 2 heteroatoms. The van der Waals surface area contributed by atoms with E-state index in [-0.39, 0.29) is 0 Å². The van der Waals surface area contributed by atoms with E-state index in [2.05, 4.69) is 38.1 Å². The molecule has 0 unspecified atom stereocenters. The normalized spacial score (nSPS) is 22.2. The van der Waals surface area contributed by atoms with Crippen molar-refractivity contribution >= 4 is 0 Å². The molecule has 0 atom stereocenters. The van der Waals surface area contributed by atoms with Crippen LogP contribution in [-0.4, -0.2) is 13.2 Å². The minimum Gasteiger partial charge on any atom is -0.494 e. The zero-order valence-corrected chi connectivity index (χ0v) is 29.6. The molecule has 0 aliphatic heterocycles. The summed E-state index contributed by atoms with van der Waals surface area (Å²) in [5, 5.41) is 0. The maximum Gasteiger partial charge on any atom is 0.119 e. The highest BCUT2D eigenvalue weighted by Gasteiger charge is 2.21. The van der Waals surface area contributed by atoms with Crippen molar-refractivity contribution in [1.29, 1.82) is 0 Å². The lowest BCUT2D eigenvalue weighted by molar-refractivity contribution is 0.226. The minimum atomic E-state index is 0.847. The molecule has 3 rings (SSSR count). The molecule has 0 spiro atoms. The fourth-order valence-corrected chi connectivity index (χ4v) is 8.15. The highest BCUT2D eigenvalue weighted by molar-refractivity contribution is 5.31. The summed E-state index contributed by atoms with van der Waals surface area (Å²) < 4.78 is 12.2. The van der Waals surface area contributed by atoms with Crippen LogP contribution < -0.4 is 9.47 Å². The van der Waals surface area contributed by atoms with Crippen LogP contribution in [-0.2, 0) is 0 Å². The number of rotatable bonds is 26. The van der Waals surface area contributed by atoms with Crippen LogP contribution >= 0.6 is 0 Å². The van der Waals surface area contributed by atoms with E-state index in [9.17, 15) is 0 Å². The van der Waals surface area contributed by atoms with E-state index in [1.165, 1.54) is 180 Å². The molecule has 0 amide bonds. The fraction of sp³-hybridized carbons (Fsp3) is 0.857. The average Bonchev–Trinajstić information content (AvgIpc) is 3.06. The summed E-state index contributed by atoms with van der Waals surface area (Å²) in [6.07, 6.45) is 39.9. The SMILES string of the molecule is CCCCCCCCCC1CCC(CCCOc2ccc(OCCCC3CCC(CCCCCCCCC)CC3)cc2)CC1. The topological polar surface area (TPSA) is 18.5 Å². The van der Waals surface area contributed by atoms with Gasteiger partial charge in [0.15, 0.2) is 0 Å². The van der Waals surface area contributed by atoms with Crippen LogP contribution in [0.25, 0.3) is 0 Å². The van der Waals surface area contributed by atoms with Gasteiger partial charge in [-0.15, -0.1) is 0 Å². The Morgan fingerprint density at radius 1 is 0.386 bits per heavy atom. The van der Waals surface area contributed by atoms with Gasteiger partial charge in [0.2, 0.25) is 0 Å². The Morgan fingerprint density at radius 2 is 0.659 bits per heavy atom. The first-order chi connectivity index (χ1) is 21.8. The predicted octanol–water partition coefficient (Wildman–Crippen LogP) is 13.9. The molecule has 254 valence electrons. The number of ether oxygens (including phenoxy) is 2. The Balaban J connectivity index is 1.11. The second-order valence-corrected chi connectivity index (χ2v) is 15.0. The smallest absolute Gasteiger partial charge is 0.119 e. The van der Waals surface area contributed by atoms with E-state index in [0.717, 1.165) is 48.4 Å². The van der Waals surface area contributed by atoms with Crippen molar-refractivity contribution in [2.24, 2.45) is 23.7 Å². The van der Waals surface area contributed by atoms with Crippen LogP contribution in [0, 0.1) is 23.7 Å². The monoisotopic (exact) mass is 611 g/mol. The summed E-state index contributed by atoms with van der Waals surface area (Å²) in [4.78, 5) is 0. The average molecular weight is 611 g/mol. The van der Waals surface area contributed by atoms with E-state index in [1.807, 2.05) is 0 Å². The summed E-state index contributed by atoms with van der Waals surface area (Å²) in [5.74, 6) is 5.88. The summed E-state index contributed by atoms with van der Waals surface area (Å²) in [6, 6.07) is 8.38. The number of hydrogen-bond donors (Lipinski definition) is 0. The Morgan fingerprint density at radius 3 is 0.977 bits per heavy atom. The number of hydrogen-bond acceptors (Lipinski definition) is 2. The van der Waals surface area contributed by atoms with Crippen LogP contribution in [0.5, 0.6) is 11.5 Å². The Bertz CT molecular complexity index is 691. The van der Waals surface area contributed by atoms with Gasteiger partial charge in [0.25, 0.3) is 0 Å². The molecule has 2 saturated carbocycles. The zero-order chi connectivity index (χ0) is 30.9. The standard InChI is InChI=1S/C42H74O2/c1-3-5-7-9-11-13-15-19-37-23-27-39(28-24-37)21-17-35-43-41-31-33-42(34-32-41)44-36-18-22-40-29-25-38(26-30-40)20-16-14-12-10-8-6-4-2/h31-34,37-40H,3-30,35-36H2,1-2H3. The Hall–Kier alpha value is -1.18. The first kappa shape index (κ1) is 37.3. The first-order valence-corrected chi connectivity index (χ1v) is 20.1.